The van der Waals surface area contributed by atoms with E-state index in [0.717, 1.165) is 12.5 Å². The molecule has 0 saturated carbocycles. The van der Waals surface area contributed by atoms with Gasteiger partial charge in [-0.3, -0.25) is 0 Å². The number of rotatable bonds is 4. The number of anilines is 1. The fraction of sp³-hybridized carbons (Fsp3) is 0.455. The molecular weight excluding hydrogens is 217 g/mol. The molecule has 5 heteroatoms. The first-order chi connectivity index (χ1) is 7.49. The summed E-state index contributed by atoms with van der Waals surface area (Å²) in [6.45, 7) is 2.49. The monoisotopic (exact) mass is 232 g/mol. The van der Waals surface area contributed by atoms with Gasteiger partial charge in [0.2, 0.25) is 0 Å². The zero-order valence-corrected chi connectivity index (χ0v) is 9.06. The van der Waals surface area contributed by atoms with Gasteiger partial charge < -0.3 is 11.1 Å². The summed E-state index contributed by atoms with van der Waals surface area (Å²) in [7, 11) is 0. The number of alkyl halides is 3. The van der Waals surface area contributed by atoms with Crippen LogP contribution in [0.4, 0.5) is 18.9 Å². The van der Waals surface area contributed by atoms with E-state index < -0.39 is 11.7 Å². The van der Waals surface area contributed by atoms with Crippen LogP contribution >= 0.6 is 0 Å². The van der Waals surface area contributed by atoms with Crippen molar-refractivity contribution in [3.63, 3.8) is 0 Å². The lowest BCUT2D eigenvalue weighted by molar-refractivity contribution is -0.138. The zero-order chi connectivity index (χ0) is 12.2. The number of benzene rings is 1. The van der Waals surface area contributed by atoms with E-state index in [1.165, 1.54) is 6.07 Å². The molecule has 1 rings (SSSR count). The third-order valence-electron chi connectivity index (χ3n) is 2.21. The summed E-state index contributed by atoms with van der Waals surface area (Å²) in [4.78, 5) is 0. The molecule has 0 aromatic heterocycles. The maximum Gasteiger partial charge on any atom is 0.416 e. The van der Waals surface area contributed by atoms with E-state index in [1.807, 2.05) is 6.92 Å². The lowest BCUT2D eigenvalue weighted by Gasteiger charge is -2.14. The van der Waals surface area contributed by atoms with Gasteiger partial charge in [-0.1, -0.05) is 13.0 Å². The summed E-state index contributed by atoms with van der Waals surface area (Å²) in [6.07, 6.45) is -3.49. The Hall–Kier alpha value is -1.23. The molecule has 0 heterocycles. The first-order valence-electron chi connectivity index (χ1n) is 5.13. The molecule has 0 saturated heterocycles. The fourth-order valence-electron chi connectivity index (χ4n) is 1.40. The second-order valence-corrected chi connectivity index (χ2v) is 3.50. The predicted octanol–water partition coefficient (Wildman–Crippen LogP) is 2.99. The Morgan fingerprint density at radius 3 is 2.50 bits per heavy atom. The molecule has 1 aromatic carbocycles. The molecule has 90 valence electrons. The highest BCUT2D eigenvalue weighted by Crippen LogP contribution is 2.33. The van der Waals surface area contributed by atoms with Gasteiger partial charge in [-0.2, -0.15) is 13.2 Å². The summed E-state index contributed by atoms with van der Waals surface area (Å²) < 4.78 is 38.0. The quantitative estimate of drug-likeness (QED) is 0.837. The van der Waals surface area contributed by atoms with Gasteiger partial charge in [-0.05, 0) is 24.1 Å². The summed E-state index contributed by atoms with van der Waals surface area (Å²) >= 11 is 0. The molecule has 16 heavy (non-hydrogen) atoms. The number of hydrogen-bond donors (Lipinski definition) is 2. The lowest BCUT2D eigenvalue weighted by Crippen LogP contribution is -2.13. The van der Waals surface area contributed by atoms with Crippen molar-refractivity contribution in [2.24, 2.45) is 5.73 Å². The van der Waals surface area contributed by atoms with Gasteiger partial charge in [-0.25, -0.2) is 0 Å². The summed E-state index contributed by atoms with van der Waals surface area (Å²) in [5.74, 6) is 0. The van der Waals surface area contributed by atoms with Gasteiger partial charge >= 0.3 is 6.18 Å². The first-order valence-corrected chi connectivity index (χ1v) is 5.13. The maximum absolute atomic E-state index is 12.7. The van der Waals surface area contributed by atoms with Crippen LogP contribution in [0, 0.1) is 0 Å². The van der Waals surface area contributed by atoms with Crippen LogP contribution in [-0.2, 0) is 12.7 Å². The van der Waals surface area contributed by atoms with Crippen LogP contribution in [0.5, 0.6) is 0 Å². The molecule has 0 aliphatic heterocycles. The molecule has 0 bridgehead atoms. The van der Waals surface area contributed by atoms with Crippen molar-refractivity contribution in [1.82, 2.24) is 0 Å². The Bertz CT molecular complexity index is 348. The van der Waals surface area contributed by atoms with E-state index in [2.05, 4.69) is 5.32 Å². The maximum atomic E-state index is 12.7. The topological polar surface area (TPSA) is 38.0 Å². The molecule has 0 aliphatic carbocycles. The van der Waals surface area contributed by atoms with Crippen molar-refractivity contribution >= 4 is 5.69 Å². The first kappa shape index (κ1) is 12.8. The zero-order valence-electron chi connectivity index (χ0n) is 9.06. The Morgan fingerprint density at radius 2 is 2.00 bits per heavy atom. The number of nitrogens with one attached hydrogen (secondary N) is 1. The molecule has 0 amide bonds. The van der Waals surface area contributed by atoms with Crippen LogP contribution in [0.2, 0.25) is 0 Å². The molecule has 0 spiro atoms. The molecule has 0 fully saturated rings. The summed E-state index contributed by atoms with van der Waals surface area (Å²) in [6, 6.07) is 4.14. The third kappa shape index (κ3) is 3.13. The molecule has 0 atom stereocenters. The van der Waals surface area contributed by atoms with Crippen molar-refractivity contribution < 1.29 is 13.2 Å². The average Bonchev–Trinajstić information content (AvgIpc) is 2.24. The largest absolute Gasteiger partial charge is 0.416 e. The highest BCUT2D eigenvalue weighted by atomic mass is 19.4. The predicted molar refractivity (Wildman–Crippen MR) is 58.1 cm³/mol. The van der Waals surface area contributed by atoms with Gasteiger partial charge in [-0.15, -0.1) is 0 Å². The van der Waals surface area contributed by atoms with E-state index in [9.17, 15) is 13.2 Å². The van der Waals surface area contributed by atoms with Gasteiger partial charge in [0.05, 0.1) is 5.56 Å². The smallest absolute Gasteiger partial charge is 0.385 e. The molecule has 0 unspecified atom stereocenters. The third-order valence-corrected chi connectivity index (χ3v) is 2.21. The van der Waals surface area contributed by atoms with Crippen LogP contribution in [0.25, 0.3) is 0 Å². The van der Waals surface area contributed by atoms with Gasteiger partial charge in [0.15, 0.2) is 0 Å². The van der Waals surface area contributed by atoms with Crippen LogP contribution in [-0.4, -0.2) is 6.54 Å². The second-order valence-electron chi connectivity index (χ2n) is 3.50. The summed E-state index contributed by atoms with van der Waals surface area (Å²) in [5, 5.41) is 2.92. The van der Waals surface area contributed by atoms with Gasteiger partial charge in [0.1, 0.15) is 0 Å². The van der Waals surface area contributed by atoms with Crippen molar-refractivity contribution in [3.05, 3.63) is 29.3 Å². The Balaban J connectivity index is 3.02. The molecule has 3 N–H and O–H groups in total. The van der Waals surface area contributed by atoms with Crippen molar-refractivity contribution in [2.75, 3.05) is 11.9 Å². The molecule has 0 radical (unpaired) electrons. The number of halogens is 3. The standard InChI is InChI=1S/C11H15F3N2/c1-2-5-16-9-4-3-8(7-15)10(6-9)11(12,13)14/h3-4,6,16H,2,5,7,15H2,1H3. The SMILES string of the molecule is CCCNc1ccc(CN)c(C(F)(F)F)c1. The Kier molecular flexibility index (Phi) is 4.18. The van der Waals surface area contributed by atoms with E-state index in [-0.39, 0.29) is 12.1 Å². The highest BCUT2D eigenvalue weighted by Gasteiger charge is 2.33. The van der Waals surface area contributed by atoms with Crippen LogP contribution in [0.15, 0.2) is 18.2 Å². The molecule has 1 aromatic rings. The highest BCUT2D eigenvalue weighted by molar-refractivity contribution is 5.49. The number of hydrogen-bond acceptors (Lipinski definition) is 2. The van der Waals surface area contributed by atoms with Crippen molar-refractivity contribution in [1.29, 1.82) is 0 Å². The Morgan fingerprint density at radius 1 is 1.31 bits per heavy atom. The van der Waals surface area contributed by atoms with Crippen LogP contribution in [0.3, 0.4) is 0 Å². The minimum Gasteiger partial charge on any atom is -0.385 e. The minimum atomic E-state index is -4.35. The second kappa shape index (κ2) is 5.21. The van der Waals surface area contributed by atoms with Crippen LogP contribution in [0.1, 0.15) is 24.5 Å². The van der Waals surface area contributed by atoms with Crippen LogP contribution < -0.4 is 11.1 Å². The van der Waals surface area contributed by atoms with E-state index in [4.69, 9.17) is 5.73 Å². The van der Waals surface area contributed by atoms with Crippen molar-refractivity contribution in [2.45, 2.75) is 26.1 Å². The normalized spacial score (nSPS) is 11.6. The molecular formula is C11H15F3N2. The Labute approximate surface area is 92.6 Å². The molecule has 2 nitrogen and oxygen atoms in total. The fourth-order valence-corrected chi connectivity index (χ4v) is 1.40. The minimum absolute atomic E-state index is 0.108. The van der Waals surface area contributed by atoms with E-state index >= 15 is 0 Å². The van der Waals surface area contributed by atoms with E-state index in [1.54, 1.807) is 6.07 Å². The summed E-state index contributed by atoms with van der Waals surface area (Å²) in [5.41, 5.74) is 5.22. The van der Waals surface area contributed by atoms with E-state index in [0.29, 0.717) is 12.2 Å². The van der Waals surface area contributed by atoms with Crippen molar-refractivity contribution in [3.8, 4) is 0 Å². The lowest BCUT2D eigenvalue weighted by atomic mass is 10.1. The average molecular weight is 232 g/mol. The van der Waals surface area contributed by atoms with Gasteiger partial charge in [0, 0.05) is 18.8 Å². The molecule has 0 aliphatic rings. The van der Waals surface area contributed by atoms with Gasteiger partial charge in [0.25, 0.3) is 0 Å². The number of nitrogens with two attached hydrogens (primary N) is 1.